The van der Waals surface area contributed by atoms with Gasteiger partial charge in [0.25, 0.3) is 0 Å². The number of rotatable bonds is 2. The van der Waals surface area contributed by atoms with Crippen molar-refractivity contribution in [3.8, 4) is 0 Å². The molecule has 1 heterocycles. The molecule has 0 bridgehead atoms. The van der Waals surface area contributed by atoms with Crippen LogP contribution in [0.25, 0.3) is 0 Å². The second-order valence-corrected chi connectivity index (χ2v) is 5.48. The van der Waals surface area contributed by atoms with Crippen LogP contribution in [-0.2, 0) is 4.79 Å². The molecule has 0 aromatic heterocycles. The molecule has 3 rings (SSSR count). The second kappa shape index (κ2) is 5.18. The number of anilines is 3. The number of hydrogen-bond donors (Lipinski definition) is 2. The van der Waals surface area contributed by atoms with Gasteiger partial charge in [0.05, 0.1) is 17.1 Å². The monoisotopic (exact) mass is 297 g/mol. The van der Waals surface area contributed by atoms with Crippen LogP contribution in [-0.4, -0.2) is 17.4 Å². The van der Waals surface area contributed by atoms with Crippen molar-refractivity contribution >= 4 is 40.2 Å². The van der Waals surface area contributed by atoms with E-state index in [0.717, 1.165) is 28.2 Å². The first-order chi connectivity index (χ1) is 10.1. The minimum absolute atomic E-state index is 0.0518. The molecule has 2 aromatic carbocycles. The number of aryl methyl sites for hydroxylation is 1. The number of benzene rings is 2. The molecule has 0 unspecified atom stereocenters. The van der Waals surface area contributed by atoms with Gasteiger partial charge in [-0.1, -0.05) is 30.4 Å². The Balaban J connectivity index is 2.19. The van der Waals surface area contributed by atoms with Gasteiger partial charge in [-0.05, 0) is 36.8 Å². The molecule has 4 nitrogen and oxygen atoms in total. The van der Waals surface area contributed by atoms with E-state index in [1.807, 2.05) is 54.3 Å². The quantitative estimate of drug-likeness (QED) is 0.837. The van der Waals surface area contributed by atoms with Gasteiger partial charge in [0.15, 0.2) is 0 Å². The summed E-state index contributed by atoms with van der Waals surface area (Å²) < 4.78 is 0. The number of nitrogens with one attached hydrogen (secondary N) is 1. The lowest BCUT2D eigenvalue weighted by Crippen LogP contribution is -2.36. The summed E-state index contributed by atoms with van der Waals surface area (Å²) in [7, 11) is 0. The normalized spacial score (nSPS) is 13.6. The molecule has 1 aliphatic rings. The van der Waals surface area contributed by atoms with Gasteiger partial charge in [0, 0.05) is 5.56 Å². The van der Waals surface area contributed by atoms with Crippen LogP contribution >= 0.6 is 12.2 Å². The van der Waals surface area contributed by atoms with Gasteiger partial charge in [-0.3, -0.25) is 4.79 Å². The Hall–Kier alpha value is -2.40. The van der Waals surface area contributed by atoms with Crippen molar-refractivity contribution in [1.82, 2.24) is 0 Å². The van der Waals surface area contributed by atoms with Crippen molar-refractivity contribution in [2.45, 2.75) is 6.92 Å². The van der Waals surface area contributed by atoms with Crippen molar-refractivity contribution in [3.05, 3.63) is 53.6 Å². The first-order valence-corrected chi connectivity index (χ1v) is 7.04. The Morgan fingerprint density at radius 1 is 1.24 bits per heavy atom. The van der Waals surface area contributed by atoms with E-state index in [1.54, 1.807) is 0 Å². The first kappa shape index (κ1) is 13.6. The molecule has 1 amide bonds. The predicted molar refractivity (Wildman–Crippen MR) is 89.1 cm³/mol. The van der Waals surface area contributed by atoms with Gasteiger partial charge in [0.1, 0.15) is 11.5 Å². The largest absolute Gasteiger partial charge is 0.389 e. The lowest BCUT2D eigenvalue weighted by molar-refractivity contribution is -0.115. The lowest BCUT2D eigenvalue weighted by atomic mass is 10.1. The van der Waals surface area contributed by atoms with E-state index in [1.165, 1.54) is 0 Å². The fraction of sp³-hybridized carbons (Fsp3) is 0.125. The first-order valence-electron chi connectivity index (χ1n) is 6.63. The Bertz CT molecular complexity index is 742. The van der Waals surface area contributed by atoms with Crippen LogP contribution in [0.15, 0.2) is 42.5 Å². The number of carbonyl (C=O) groups excluding carboxylic acids is 1. The summed E-state index contributed by atoms with van der Waals surface area (Å²) >= 11 is 5.14. The smallest absolute Gasteiger partial charge is 0.244 e. The number of fused-ring (bicyclic) bond motifs is 1. The SMILES string of the molecule is Cc1ccc(C(N)=S)c(N2CC(=O)Nc3ccccc32)c1. The summed E-state index contributed by atoms with van der Waals surface area (Å²) in [4.78, 5) is 14.2. The summed E-state index contributed by atoms with van der Waals surface area (Å²) in [5.74, 6) is -0.0518. The zero-order valence-electron chi connectivity index (χ0n) is 11.6. The fourth-order valence-corrected chi connectivity index (χ4v) is 2.69. The molecule has 2 aromatic rings. The number of amides is 1. The molecule has 0 atom stereocenters. The number of hydrogen-bond acceptors (Lipinski definition) is 3. The maximum absolute atomic E-state index is 12.0. The van der Waals surface area contributed by atoms with Crippen molar-refractivity contribution in [2.75, 3.05) is 16.8 Å². The van der Waals surface area contributed by atoms with Crippen LogP contribution < -0.4 is 16.0 Å². The Morgan fingerprint density at radius 2 is 2.00 bits per heavy atom. The molecule has 0 aliphatic carbocycles. The van der Waals surface area contributed by atoms with Gasteiger partial charge >= 0.3 is 0 Å². The molecule has 0 fully saturated rings. The average Bonchev–Trinajstić information content (AvgIpc) is 2.45. The predicted octanol–water partition coefficient (Wildman–Crippen LogP) is 2.72. The Morgan fingerprint density at radius 3 is 2.76 bits per heavy atom. The fourth-order valence-electron chi connectivity index (χ4n) is 2.52. The van der Waals surface area contributed by atoms with Gasteiger partial charge in [-0.25, -0.2) is 0 Å². The minimum Gasteiger partial charge on any atom is -0.389 e. The number of nitrogens with zero attached hydrogens (tertiary/aromatic N) is 1. The van der Waals surface area contributed by atoms with Crippen LogP contribution in [0.4, 0.5) is 17.1 Å². The zero-order chi connectivity index (χ0) is 15.0. The summed E-state index contributed by atoms with van der Waals surface area (Å²) in [6.07, 6.45) is 0. The van der Waals surface area contributed by atoms with Crippen LogP contribution in [0, 0.1) is 6.92 Å². The van der Waals surface area contributed by atoms with E-state index in [4.69, 9.17) is 18.0 Å². The second-order valence-electron chi connectivity index (χ2n) is 5.04. The van der Waals surface area contributed by atoms with E-state index in [-0.39, 0.29) is 12.5 Å². The highest BCUT2D eigenvalue weighted by atomic mass is 32.1. The van der Waals surface area contributed by atoms with Gasteiger partial charge in [-0.2, -0.15) is 0 Å². The minimum atomic E-state index is -0.0518. The van der Waals surface area contributed by atoms with Crippen LogP contribution in [0.3, 0.4) is 0 Å². The Labute approximate surface area is 128 Å². The molecule has 3 N–H and O–H groups in total. The lowest BCUT2D eigenvalue weighted by Gasteiger charge is -2.32. The third-order valence-corrected chi connectivity index (χ3v) is 3.70. The number of carbonyl (C=O) groups is 1. The number of para-hydroxylation sites is 2. The number of thiocarbonyl (C=S) groups is 1. The van der Waals surface area contributed by atoms with Crippen LogP contribution in [0.5, 0.6) is 0 Å². The highest BCUT2D eigenvalue weighted by Crippen LogP contribution is 2.36. The molecule has 0 spiro atoms. The molecular formula is C16H15N3OS. The molecule has 1 aliphatic heterocycles. The van der Waals surface area contributed by atoms with Crippen molar-refractivity contribution in [3.63, 3.8) is 0 Å². The van der Waals surface area contributed by atoms with Gasteiger partial charge in [-0.15, -0.1) is 0 Å². The van der Waals surface area contributed by atoms with Crippen molar-refractivity contribution in [1.29, 1.82) is 0 Å². The standard InChI is InChI=1S/C16H15N3OS/c1-10-6-7-11(16(17)21)14(8-10)19-9-15(20)18-12-4-2-3-5-13(12)19/h2-8H,9H2,1H3,(H2,17,21)(H,18,20). The third kappa shape index (κ3) is 2.48. The average molecular weight is 297 g/mol. The molecule has 0 saturated heterocycles. The maximum Gasteiger partial charge on any atom is 0.244 e. The molecule has 0 saturated carbocycles. The topological polar surface area (TPSA) is 58.4 Å². The molecular weight excluding hydrogens is 282 g/mol. The van der Waals surface area contributed by atoms with E-state index in [9.17, 15) is 4.79 Å². The van der Waals surface area contributed by atoms with E-state index >= 15 is 0 Å². The zero-order valence-corrected chi connectivity index (χ0v) is 12.4. The van der Waals surface area contributed by atoms with Gasteiger partial charge in [0.2, 0.25) is 5.91 Å². The van der Waals surface area contributed by atoms with E-state index in [0.29, 0.717) is 4.99 Å². The van der Waals surface area contributed by atoms with Gasteiger partial charge < -0.3 is 16.0 Å². The highest BCUT2D eigenvalue weighted by Gasteiger charge is 2.25. The molecule has 21 heavy (non-hydrogen) atoms. The summed E-state index contributed by atoms with van der Waals surface area (Å²) in [6.45, 7) is 2.25. The molecule has 5 heteroatoms. The Kier molecular flexibility index (Phi) is 3.35. The van der Waals surface area contributed by atoms with Crippen molar-refractivity contribution < 1.29 is 4.79 Å². The highest BCUT2D eigenvalue weighted by molar-refractivity contribution is 7.80. The summed E-state index contributed by atoms with van der Waals surface area (Å²) in [6, 6.07) is 13.6. The molecule has 106 valence electrons. The number of nitrogens with two attached hydrogens (primary N) is 1. The van der Waals surface area contributed by atoms with E-state index in [2.05, 4.69) is 5.32 Å². The van der Waals surface area contributed by atoms with Crippen LogP contribution in [0.2, 0.25) is 0 Å². The van der Waals surface area contributed by atoms with E-state index < -0.39 is 0 Å². The molecule has 0 radical (unpaired) electrons. The summed E-state index contributed by atoms with van der Waals surface area (Å²) in [5.41, 5.74) is 10.3. The summed E-state index contributed by atoms with van der Waals surface area (Å²) in [5, 5.41) is 2.88. The third-order valence-electron chi connectivity index (χ3n) is 3.48. The van der Waals surface area contributed by atoms with Crippen LogP contribution in [0.1, 0.15) is 11.1 Å². The maximum atomic E-state index is 12.0. The van der Waals surface area contributed by atoms with Crippen molar-refractivity contribution in [2.24, 2.45) is 5.73 Å².